The molecule has 2 rings (SSSR count). The predicted octanol–water partition coefficient (Wildman–Crippen LogP) is 1.63. The van der Waals surface area contributed by atoms with Crippen LogP contribution in [0, 0.1) is 6.92 Å². The third-order valence-corrected chi connectivity index (χ3v) is 2.41. The number of hydrogen-bond acceptors (Lipinski definition) is 2. The lowest BCUT2D eigenvalue weighted by molar-refractivity contribution is 0.775. The molecule has 0 aliphatic carbocycles. The van der Waals surface area contributed by atoms with Crippen molar-refractivity contribution in [2.75, 3.05) is 13.6 Å². The molecule has 0 radical (unpaired) electrons. The number of rotatable bonds is 3. The lowest BCUT2D eigenvalue weighted by Gasteiger charge is -1.97. The van der Waals surface area contributed by atoms with Gasteiger partial charge in [-0.25, -0.2) is 0 Å². The lowest BCUT2D eigenvalue weighted by atomic mass is 10.1. The highest BCUT2D eigenvalue weighted by atomic mass is 15.1. The molecule has 0 bridgehead atoms. The SMILES string of the molecule is CNCCc1[nH]nc2cc(C)ccc12. The van der Waals surface area contributed by atoms with Crippen LogP contribution in [0.15, 0.2) is 18.2 Å². The molecule has 0 atom stereocenters. The molecule has 0 saturated carbocycles. The van der Waals surface area contributed by atoms with Gasteiger partial charge in [0.25, 0.3) is 0 Å². The predicted molar refractivity (Wildman–Crippen MR) is 58.5 cm³/mol. The van der Waals surface area contributed by atoms with Crippen LogP contribution in [0.2, 0.25) is 0 Å². The molecule has 0 amide bonds. The molecular weight excluding hydrogens is 174 g/mol. The van der Waals surface area contributed by atoms with Gasteiger partial charge in [0.1, 0.15) is 0 Å². The third-order valence-electron chi connectivity index (χ3n) is 2.41. The van der Waals surface area contributed by atoms with Crippen LogP contribution >= 0.6 is 0 Å². The second-order valence-corrected chi connectivity index (χ2v) is 3.58. The molecule has 2 N–H and O–H groups in total. The maximum atomic E-state index is 4.28. The van der Waals surface area contributed by atoms with E-state index in [9.17, 15) is 0 Å². The number of aryl methyl sites for hydroxylation is 1. The van der Waals surface area contributed by atoms with E-state index < -0.39 is 0 Å². The number of hydrogen-bond donors (Lipinski definition) is 2. The zero-order valence-electron chi connectivity index (χ0n) is 8.59. The van der Waals surface area contributed by atoms with E-state index >= 15 is 0 Å². The Morgan fingerprint density at radius 3 is 3.07 bits per heavy atom. The van der Waals surface area contributed by atoms with Crippen molar-refractivity contribution in [3.05, 3.63) is 29.5 Å². The van der Waals surface area contributed by atoms with Crippen molar-refractivity contribution in [3.8, 4) is 0 Å². The van der Waals surface area contributed by atoms with Gasteiger partial charge in [-0.15, -0.1) is 0 Å². The first-order valence-corrected chi connectivity index (χ1v) is 4.89. The molecule has 2 aromatic rings. The van der Waals surface area contributed by atoms with Crippen LogP contribution in [0.3, 0.4) is 0 Å². The molecule has 14 heavy (non-hydrogen) atoms. The van der Waals surface area contributed by atoms with Crippen LogP contribution in [0.1, 0.15) is 11.3 Å². The van der Waals surface area contributed by atoms with Gasteiger partial charge in [-0.3, -0.25) is 5.10 Å². The molecular formula is C11H15N3. The Labute approximate surface area is 83.5 Å². The summed E-state index contributed by atoms with van der Waals surface area (Å²) in [7, 11) is 1.96. The average molecular weight is 189 g/mol. The highest BCUT2D eigenvalue weighted by Gasteiger charge is 2.03. The van der Waals surface area contributed by atoms with Crippen molar-refractivity contribution in [1.29, 1.82) is 0 Å². The molecule has 0 aliphatic heterocycles. The van der Waals surface area contributed by atoms with Gasteiger partial charge in [0.05, 0.1) is 5.52 Å². The molecule has 0 aliphatic rings. The molecule has 0 spiro atoms. The molecule has 74 valence electrons. The van der Waals surface area contributed by atoms with Gasteiger partial charge in [-0.1, -0.05) is 12.1 Å². The van der Waals surface area contributed by atoms with Crippen molar-refractivity contribution < 1.29 is 0 Å². The Bertz CT molecular complexity index is 431. The summed E-state index contributed by atoms with van der Waals surface area (Å²) in [5.74, 6) is 0. The minimum atomic E-state index is 0.977. The molecule has 1 heterocycles. The Kier molecular flexibility index (Phi) is 2.50. The van der Waals surface area contributed by atoms with Gasteiger partial charge in [0.15, 0.2) is 0 Å². The highest BCUT2D eigenvalue weighted by Crippen LogP contribution is 2.17. The summed E-state index contributed by atoms with van der Waals surface area (Å²) in [5.41, 5.74) is 3.54. The fourth-order valence-electron chi connectivity index (χ4n) is 1.62. The zero-order valence-corrected chi connectivity index (χ0v) is 8.59. The summed E-state index contributed by atoms with van der Waals surface area (Å²) in [6.07, 6.45) is 0.996. The van der Waals surface area contributed by atoms with Crippen molar-refractivity contribution in [3.63, 3.8) is 0 Å². The smallest absolute Gasteiger partial charge is 0.0926 e. The summed E-state index contributed by atoms with van der Waals surface area (Å²) in [4.78, 5) is 0. The van der Waals surface area contributed by atoms with Crippen LogP contribution in [0.4, 0.5) is 0 Å². The Hall–Kier alpha value is -1.35. The molecule has 3 nitrogen and oxygen atoms in total. The van der Waals surface area contributed by atoms with Gasteiger partial charge in [0, 0.05) is 24.0 Å². The van der Waals surface area contributed by atoms with Crippen molar-refractivity contribution in [2.45, 2.75) is 13.3 Å². The quantitative estimate of drug-likeness (QED) is 0.770. The molecule has 1 aromatic carbocycles. The number of nitrogens with one attached hydrogen (secondary N) is 2. The molecule has 0 saturated heterocycles. The van der Waals surface area contributed by atoms with E-state index in [2.05, 4.69) is 40.6 Å². The fraction of sp³-hybridized carbons (Fsp3) is 0.364. The Morgan fingerprint density at radius 2 is 2.29 bits per heavy atom. The van der Waals surface area contributed by atoms with Crippen LogP contribution in [-0.4, -0.2) is 23.8 Å². The van der Waals surface area contributed by atoms with E-state index in [1.165, 1.54) is 16.6 Å². The summed E-state index contributed by atoms with van der Waals surface area (Å²) in [6.45, 7) is 3.06. The topological polar surface area (TPSA) is 40.7 Å². The normalized spacial score (nSPS) is 11.0. The van der Waals surface area contributed by atoms with Crippen LogP contribution in [-0.2, 0) is 6.42 Å². The molecule has 0 unspecified atom stereocenters. The van der Waals surface area contributed by atoms with Gasteiger partial charge in [-0.05, 0) is 25.6 Å². The maximum absolute atomic E-state index is 4.28. The Balaban J connectivity index is 2.37. The third kappa shape index (κ3) is 1.63. The van der Waals surface area contributed by atoms with Crippen LogP contribution in [0.25, 0.3) is 10.9 Å². The van der Waals surface area contributed by atoms with E-state index in [1.54, 1.807) is 0 Å². The first-order valence-electron chi connectivity index (χ1n) is 4.89. The number of fused-ring (bicyclic) bond motifs is 1. The summed E-state index contributed by atoms with van der Waals surface area (Å²) in [6, 6.07) is 6.37. The van der Waals surface area contributed by atoms with E-state index in [-0.39, 0.29) is 0 Å². The number of benzene rings is 1. The zero-order chi connectivity index (χ0) is 9.97. The second kappa shape index (κ2) is 3.80. The van der Waals surface area contributed by atoms with Crippen LogP contribution in [0.5, 0.6) is 0 Å². The summed E-state index contributed by atoms with van der Waals surface area (Å²) in [5, 5.41) is 11.7. The standard InChI is InChI=1S/C11H15N3/c1-8-3-4-9-10(5-6-12-2)13-14-11(9)7-8/h3-4,7,12H,5-6H2,1-2H3,(H,13,14). The second-order valence-electron chi connectivity index (χ2n) is 3.58. The maximum Gasteiger partial charge on any atom is 0.0926 e. The largest absolute Gasteiger partial charge is 0.319 e. The van der Waals surface area contributed by atoms with E-state index in [0.717, 1.165) is 18.5 Å². The monoisotopic (exact) mass is 189 g/mol. The lowest BCUT2D eigenvalue weighted by Crippen LogP contribution is -2.10. The summed E-state index contributed by atoms with van der Waals surface area (Å²) < 4.78 is 0. The Morgan fingerprint density at radius 1 is 1.43 bits per heavy atom. The molecule has 0 fully saturated rings. The minimum absolute atomic E-state index is 0.977. The van der Waals surface area contributed by atoms with E-state index in [4.69, 9.17) is 0 Å². The first-order chi connectivity index (χ1) is 6.81. The number of likely N-dealkylation sites (N-methyl/N-ethyl adjacent to an activating group) is 1. The van der Waals surface area contributed by atoms with E-state index in [0.29, 0.717) is 0 Å². The van der Waals surface area contributed by atoms with Gasteiger partial charge in [-0.2, -0.15) is 5.10 Å². The fourth-order valence-corrected chi connectivity index (χ4v) is 1.62. The highest BCUT2D eigenvalue weighted by molar-refractivity contribution is 5.81. The average Bonchev–Trinajstić information content (AvgIpc) is 2.57. The van der Waals surface area contributed by atoms with E-state index in [1.807, 2.05) is 7.05 Å². The number of aromatic amines is 1. The number of H-pyrrole nitrogens is 1. The summed E-state index contributed by atoms with van der Waals surface area (Å²) >= 11 is 0. The minimum Gasteiger partial charge on any atom is -0.319 e. The van der Waals surface area contributed by atoms with Gasteiger partial charge < -0.3 is 5.32 Å². The van der Waals surface area contributed by atoms with Crippen LogP contribution < -0.4 is 5.32 Å². The molecule has 3 heteroatoms. The van der Waals surface area contributed by atoms with Gasteiger partial charge >= 0.3 is 0 Å². The number of aromatic nitrogens is 2. The molecule has 1 aromatic heterocycles. The van der Waals surface area contributed by atoms with Gasteiger partial charge in [0.2, 0.25) is 0 Å². The van der Waals surface area contributed by atoms with Crippen molar-refractivity contribution in [2.24, 2.45) is 0 Å². The first kappa shape index (κ1) is 9.21. The van der Waals surface area contributed by atoms with Crippen molar-refractivity contribution >= 4 is 10.9 Å². The number of nitrogens with zero attached hydrogens (tertiary/aromatic N) is 1. The van der Waals surface area contributed by atoms with Crippen molar-refractivity contribution in [1.82, 2.24) is 15.5 Å².